The predicted octanol–water partition coefficient (Wildman–Crippen LogP) is 3.86. The van der Waals surface area contributed by atoms with Crippen LogP contribution in [0.15, 0.2) is 22.8 Å². The summed E-state index contributed by atoms with van der Waals surface area (Å²) in [6, 6.07) is 0. The third-order valence-corrected chi connectivity index (χ3v) is 8.91. The number of likely N-dealkylation sites (N-methyl/N-ethyl adjacent to an activating group) is 1. The Morgan fingerprint density at radius 2 is 1.83 bits per heavy atom. The Bertz CT molecular complexity index is 863. The summed E-state index contributed by atoms with van der Waals surface area (Å²) in [6.07, 6.45) is 6.93. The van der Waals surface area contributed by atoms with E-state index in [-0.39, 0.29) is 28.9 Å². The van der Waals surface area contributed by atoms with Gasteiger partial charge in [0, 0.05) is 42.5 Å². The zero-order chi connectivity index (χ0) is 21.4. The Hall–Kier alpha value is -1.62. The SMILES string of the molecule is CC(=O)O[C@]1(C(C)=O)CC[C@H]2[C@@H]3C=C(Cl)C4=CC(=O)N(C)C[C@]4(C)[C@H]3CC[C@@]21C. The minimum absolute atomic E-state index is 0.00514. The molecule has 6 atom stereocenters. The largest absolute Gasteiger partial charge is 0.451 e. The minimum Gasteiger partial charge on any atom is -0.451 e. The number of rotatable bonds is 2. The molecule has 2 fully saturated rings. The molecule has 1 amide bonds. The first-order chi connectivity index (χ1) is 13.5. The smallest absolute Gasteiger partial charge is 0.303 e. The molecule has 0 aromatic carbocycles. The second-order valence-corrected chi connectivity index (χ2v) is 10.4. The second kappa shape index (κ2) is 6.44. The van der Waals surface area contributed by atoms with Gasteiger partial charge in [-0.15, -0.1) is 0 Å². The molecule has 0 N–H and O–H groups in total. The Balaban J connectivity index is 1.79. The van der Waals surface area contributed by atoms with Gasteiger partial charge in [0.25, 0.3) is 0 Å². The molecule has 0 radical (unpaired) electrons. The van der Waals surface area contributed by atoms with Crippen molar-refractivity contribution in [2.75, 3.05) is 13.6 Å². The van der Waals surface area contributed by atoms with Crippen LogP contribution in [0.1, 0.15) is 53.4 Å². The fourth-order valence-corrected chi connectivity index (χ4v) is 7.62. The maximum Gasteiger partial charge on any atom is 0.303 e. The van der Waals surface area contributed by atoms with E-state index in [2.05, 4.69) is 19.9 Å². The van der Waals surface area contributed by atoms with Gasteiger partial charge in [0.2, 0.25) is 5.91 Å². The minimum atomic E-state index is -1.05. The number of ketones is 1. The van der Waals surface area contributed by atoms with Crippen LogP contribution in [-0.4, -0.2) is 41.8 Å². The van der Waals surface area contributed by atoms with Gasteiger partial charge in [-0.1, -0.05) is 31.5 Å². The van der Waals surface area contributed by atoms with Gasteiger partial charge < -0.3 is 9.64 Å². The molecule has 0 aromatic rings. The molecule has 0 unspecified atom stereocenters. The molecule has 6 heteroatoms. The molecular formula is C23H30ClNO4. The van der Waals surface area contributed by atoms with Crippen LogP contribution in [-0.2, 0) is 19.1 Å². The van der Waals surface area contributed by atoms with Crippen molar-refractivity contribution >= 4 is 29.3 Å². The first kappa shape index (κ1) is 20.6. The number of Topliss-reactive ketones (excluding diaryl/α,β-unsaturated/α-hetero) is 1. The molecule has 0 bridgehead atoms. The third-order valence-electron chi connectivity index (χ3n) is 8.58. The van der Waals surface area contributed by atoms with E-state index in [4.69, 9.17) is 16.3 Å². The summed E-state index contributed by atoms with van der Waals surface area (Å²) >= 11 is 6.74. The summed E-state index contributed by atoms with van der Waals surface area (Å²) in [7, 11) is 1.84. The highest BCUT2D eigenvalue weighted by molar-refractivity contribution is 6.32. The van der Waals surface area contributed by atoms with E-state index in [1.807, 2.05) is 7.05 Å². The van der Waals surface area contributed by atoms with E-state index in [1.54, 1.807) is 17.9 Å². The number of hydrogen-bond acceptors (Lipinski definition) is 4. The summed E-state index contributed by atoms with van der Waals surface area (Å²) in [5, 5.41) is 0.660. The molecule has 0 saturated heterocycles. The zero-order valence-corrected chi connectivity index (χ0v) is 18.6. The first-order valence-corrected chi connectivity index (χ1v) is 10.9. The van der Waals surface area contributed by atoms with Crippen LogP contribution in [0.3, 0.4) is 0 Å². The van der Waals surface area contributed by atoms with Gasteiger partial charge in [-0.05, 0) is 55.9 Å². The maximum absolute atomic E-state index is 12.8. The van der Waals surface area contributed by atoms with Crippen LogP contribution in [0.25, 0.3) is 0 Å². The number of amides is 1. The van der Waals surface area contributed by atoms with Crippen LogP contribution >= 0.6 is 11.6 Å². The van der Waals surface area contributed by atoms with Crippen molar-refractivity contribution in [3.8, 4) is 0 Å². The molecule has 29 heavy (non-hydrogen) atoms. The highest BCUT2D eigenvalue weighted by Gasteiger charge is 2.67. The van der Waals surface area contributed by atoms with E-state index in [0.717, 1.165) is 24.8 Å². The van der Waals surface area contributed by atoms with Crippen molar-refractivity contribution in [1.82, 2.24) is 4.90 Å². The maximum atomic E-state index is 12.8. The predicted molar refractivity (Wildman–Crippen MR) is 110 cm³/mol. The molecule has 1 aliphatic heterocycles. The molecule has 5 nitrogen and oxygen atoms in total. The number of carbonyl (C=O) groups is 3. The van der Waals surface area contributed by atoms with Crippen LogP contribution in [0.2, 0.25) is 0 Å². The second-order valence-electron chi connectivity index (χ2n) is 9.95. The monoisotopic (exact) mass is 419 g/mol. The van der Waals surface area contributed by atoms with Crippen LogP contribution in [0, 0.1) is 28.6 Å². The average Bonchev–Trinajstić information content (AvgIpc) is 2.91. The molecule has 4 aliphatic rings. The van der Waals surface area contributed by atoms with Crippen LogP contribution in [0.4, 0.5) is 0 Å². The summed E-state index contributed by atoms with van der Waals surface area (Å²) in [6.45, 7) is 7.93. The normalized spacial score (nSPS) is 43.6. The summed E-state index contributed by atoms with van der Waals surface area (Å²) < 4.78 is 5.80. The quantitative estimate of drug-likeness (QED) is 0.637. The van der Waals surface area contributed by atoms with E-state index < -0.39 is 17.0 Å². The lowest BCUT2D eigenvalue weighted by Gasteiger charge is -2.58. The van der Waals surface area contributed by atoms with Crippen molar-refractivity contribution in [2.45, 2.75) is 59.0 Å². The van der Waals surface area contributed by atoms with Gasteiger partial charge in [-0.2, -0.15) is 0 Å². The number of halogens is 1. The Labute approximate surface area is 177 Å². The molecule has 1 heterocycles. The number of fused-ring (bicyclic) bond motifs is 5. The lowest BCUT2D eigenvalue weighted by atomic mass is 9.48. The highest BCUT2D eigenvalue weighted by atomic mass is 35.5. The molecule has 0 spiro atoms. The van der Waals surface area contributed by atoms with E-state index in [9.17, 15) is 14.4 Å². The van der Waals surface area contributed by atoms with Gasteiger partial charge in [0.15, 0.2) is 11.4 Å². The molecule has 0 aromatic heterocycles. The lowest BCUT2D eigenvalue weighted by molar-refractivity contribution is -0.185. The van der Waals surface area contributed by atoms with E-state index in [1.165, 1.54) is 6.92 Å². The van der Waals surface area contributed by atoms with Crippen molar-refractivity contribution in [3.05, 3.63) is 22.8 Å². The number of hydrogen-bond donors (Lipinski definition) is 0. The Morgan fingerprint density at radius 1 is 1.17 bits per heavy atom. The van der Waals surface area contributed by atoms with E-state index in [0.29, 0.717) is 23.9 Å². The van der Waals surface area contributed by atoms with Crippen molar-refractivity contribution < 1.29 is 19.1 Å². The standard InChI is InChI=1S/C23H30ClNO4/c1-13(26)23(29-14(2)27)9-7-17-15-10-19(24)18-11-20(28)25(5)12-21(18,3)16(15)6-8-22(17,23)4/h10-11,15-17H,6-9,12H2,1-5H3/t15-,16+,17+,21-,22+,23+/m1/s1. The highest BCUT2D eigenvalue weighted by Crippen LogP contribution is 2.67. The molecule has 3 aliphatic carbocycles. The molecule has 4 rings (SSSR count). The van der Waals surface area contributed by atoms with Gasteiger partial charge in [-0.3, -0.25) is 14.4 Å². The third kappa shape index (κ3) is 2.62. The Kier molecular flexibility index (Phi) is 4.58. The van der Waals surface area contributed by atoms with Gasteiger partial charge in [0.05, 0.1) is 0 Å². The molecular weight excluding hydrogens is 390 g/mol. The summed E-state index contributed by atoms with van der Waals surface area (Å²) in [5.41, 5.74) is -0.718. The summed E-state index contributed by atoms with van der Waals surface area (Å²) in [5.74, 6) is 0.281. The number of ether oxygens (including phenoxy) is 1. The zero-order valence-electron chi connectivity index (χ0n) is 17.9. The van der Waals surface area contributed by atoms with Gasteiger partial charge in [0.1, 0.15) is 0 Å². The van der Waals surface area contributed by atoms with Crippen LogP contribution in [0.5, 0.6) is 0 Å². The van der Waals surface area contributed by atoms with Gasteiger partial charge >= 0.3 is 5.97 Å². The number of carbonyl (C=O) groups excluding carboxylic acids is 3. The molecule has 158 valence electrons. The topological polar surface area (TPSA) is 63.7 Å². The number of nitrogens with zero attached hydrogens (tertiary/aromatic N) is 1. The van der Waals surface area contributed by atoms with Gasteiger partial charge in [-0.25, -0.2) is 0 Å². The van der Waals surface area contributed by atoms with Crippen LogP contribution < -0.4 is 0 Å². The van der Waals surface area contributed by atoms with Crippen molar-refractivity contribution in [2.24, 2.45) is 28.6 Å². The van der Waals surface area contributed by atoms with Crippen molar-refractivity contribution in [3.63, 3.8) is 0 Å². The number of allylic oxidation sites excluding steroid dienone is 2. The fourth-order valence-electron chi connectivity index (χ4n) is 7.21. The summed E-state index contributed by atoms with van der Waals surface area (Å²) in [4.78, 5) is 38.7. The number of esters is 1. The fraction of sp³-hybridized carbons (Fsp3) is 0.696. The lowest BCUT2D eigenvalue weighted by Crippen LogP contribution is -2.59. The van der Waals surface area contributed by atoms with Crippen molar-refractivity contribution in [1.29, 1.82) is 0 Å². The first-order valence-electron chi connectivity index (χ1n) is 10.5. The Morgan fingerprint density at radius 3 is 2.45 bits per heavy atom. The van der Waals surface area contributed by atoms with E-state index >= 15 is 0 Å². The molecule has 2 saturated carbocycles. The average molecular weight is 420 g/mol.